The summed E-state index contributed by atoms with van der Waals surface area (Å²) < 4.78 is 0. The highest BCUT2D eigenvalue weighted by molar-refractivity contribution is 7.15. The van der Waals surface area contributed by atoms with Crippen LogP contribution in [0.1, 0.15) is 24.4 Å². The first-order chi connectivity index (χ1) is 16.9. The van der Waals surface area contributed by atoms with Gasteiger partial charge in [-0.2, -0.15) is 5.10 Å². The van der Waals surface area contributed by atoms with Crippen LogP contribution in [0, 0.1) is 10.1 Å². The molecule has 0 aliphatic rings. The third-order valence-electron chi connectivity index (χ3n) is 4.76. The number of hydrazone groups is 1. The molecule has 182 valence electrons. The van der Waals surface area contributed by atoms with Crippen LogP contribution in [0.5, 0.6) is 0 Å². The second-order valence-corrected chi connectivity index (χ2v) is 8.18. The topological polar surface area (TPSA) is 155 Å². The van der Waals surface area contributed by atoms with Gasteiger partial charge in [-0.3, -0.25) is 20.2 Å². The molecule has 2 aromatic carbocycles. The highest BCUT2D eigenvalue weighted by atomic mass is 32.1. The number of non-ortho nitro benzene ring substituents is 1. The number of carbonyl (C=O) groups is 2. The smallest absolute Gasteiger partial charge is 0.325 e. The van der Waals surface area contributed by atoms with Gasteiger partial charge in [0.1, 0.15) is 5.01 Å². The Balaban J connectivity index is 1.45. The fourth-order valence-corrected chi connectivity index (χ4v) is 3.75. The number of nitro groups is 1. The van der Waals surface area contributed by atoms with E-state index in [1.807, 2.05) is 24.3 Å². The van der Waals surface area contributed by atoms with Crippen LogP contribution in [0.4, 0.5) is 27.0 Å². The Hall–Kier alpha value is -4.39. The SMILES string of the molecule is CCN(CC)c1ccc(/C=N\NC(=O)Cc2nnc(NC(=O)Nc3ccc([N+](=O)[O-])cc3)s2)cc1. The molecule has 0 atom stereocenters. The van der Waals surface area contributed by atoms with E-state index >= 15 is 0 Å². The number of hydrogen-bond donors (Lipinski definition) is 3. The summed E-state index contributed by atoms with van der Waals surface area (Å²) in [6.45, 7) is 6.05. The molecule has 0 spiro atoms. The summed E-state index contributed by atoms with van der Waals surface area (Å²) in [5.41, 5.74) is 4.71. The molecule has 0 bridgehead atoms. The lowest BCUT2D eigenvalue weighted by Gasteiger charge is -2.20. The fourth-order valence-electron chi connectivity index (χ4n) is 3.02. The molecular weight excluding hydrogens is 472 g/mol. The monoisotopic (exact) mass is 496 g/mol. The van der Waals surface area contributed by atoms with Crippen LogP contribution in [0.3, 0.4) is 0 Å². The van der Waals surface area contributed by atoms with Crippen LogP contribution >= 0.6 is 11.3 Å². The Labute approximate surface area is 205 Å². The van der Waals surface area contributed by atoms with Crippen molar-refractivity contribution in [2.24, 2.45) is 5.10 Å². The van der Waals surface area contributed by atoms with Crippen LogP contribution in [0.15, 0.2) is 53.6 Å². The summed E-state index contributed by atoms with van der Waals surface area (Å²) >= 11 is 1.04. The molecule has 12 nitrogen and oxygen atoms in total. The first-order valence-electron chi connectivity index (χ1n) is 10.7. The van der Waals surface area contributed by atoms with Crippen molar-refractivity contribution in [2.75, 3.05) is 28.6 Å². The number of nitrogens with zero attached hydrogens (tertiary/aromatic N) is 5. The van der Waals surface area contributed by atoms with E-state index in [2.05, 4.69) is 50.1 Å². The Kier molecular flexibility index (Phi) is 8.78. The molecule has 35 heavy (non-hydrogen) atoms. The van der Waals surface area contributed by atoms with Crippen molar-refractivity contribution in [1.29, 1.82) is 0 Å². The van der Waals surface area contributed by atoms with E-state index in [1.165, 1.54) is 24.3 Å². The molecule has 0 aliphatic carbocycles. The lowest BCUT2D eigenvalue weighted by atomic mass is 10.2. The van der Waals surface area contributed by atoms with Gasteiger partial charge in [-0.1, -0.05) is 23.5 Å². The summed E-state index contributed by atoms with van der Waals surface area (Å²) in [6, 6.07) is 12.6. The summed E-state index contributed by atoms with van der Waals surface area (Å²) in [6.07, 6.45) is 1.50. The fraction of sp³-hybridized carbons (Fsp3) is 0.227. The third kappa shape index (κ3) is 7.57. The van der Waals surface area contributed by atoms with Crippen molar-refractivity contribution in [3.63, 3.8) is 0 Å². The maximum atomic E-state index is 12.1. The van der Waals surface area contributed by atoms with Crippen LogP contribution in [0.2, 0.25) is 0 Å². The van der Waals surface area contributed by atoms with Gasteiger partial charge in [0.15, 0.2) is 0 Å². The molecule has 0 unspecified atom stereocenters. The minimum absolute atomic E-state index is 0.0540. The second kappa shape index (κ2) is 12.2. The number of nitrogens with one attached hydrogen (secondary N) is 3. The summed E-state index contributed by atoms with van der Waals surface area (Å²) in [5, 5.41) is 28.0. The number of rotatable bonds is 10. The molecule has 0 fully saturated rings. The molecule has 1 aromatic heterocycles. The van der Waals surface area contributed by atoms with E-state index in [0.29, 0.717) is 10.7 Å². The predicted molar refractivity (Wildman–Crippen MR) is 135 cm³/mol. The van der Waals surface area contributed by atoms with Crippen molar-refractivity contribution in [1.82, 2.24) is 15.6 Å². The van der Waals surface area contributed by atoms with Gasteiger partial charge in [-0.05, 0) is 43.7 Å². The molecular formula is C22H24N8O4S. The quantitative estimate of drug-likeness (QED) is 0.220. The molecule has 0 saturated carbocycles. The van der Waals surface area contributed by atoms with E-state index in [1.54, 1.807) is 6.21 Å². The minimum atomic E-state index is -0.595. The Morgan fingerprint density at radius 2 is 1.74 bits per heavy atom. The highest BCUT2D eigenvalue weighted by Crippen LogP contribution is 2.18. The van der Waals surface area contributed by atoms with Crippen molar-refractivity contribution < 1.29 is 14.5 Å². The zero-order chi connectivity index (χ0) is 25.2. The molecule has 0 saturated heterocycles. The van der Waals surface area contributed by atoms with E-state index < -0.39 is 11.0 Å². The van der Waals surface area contributed by atoms with Crippen molar-refractivity contribution in [2.45, 2.75) is 20.3 Å². The predicted octanol–water partition coefficient (Wildman–Crippen LogP) is 3.63. The lowest BCUT2D eigenvalue weighted by Crippen LogP contribution is -2.21. The van der Waals surface area contributed by atoms with Gasteiger partial charge in [0, 0.05) is 36.6 Å². The van der Waals surface area contributed by atoms with Crippen molar-refractivity contribution in [3.8, 4) is 0 Å². The van der Waals surface area contributed by atoms with Crippen LogP contribution in [0.25, 0.3) is 0 Å². The first kappa shape index (κ1) is 25.2. The summed E-state index contributed by atoms with van der Waals surface area (Å²) in [5.74, 6) is -0.376. The molecule has 13 heteroatoms. The average molecular weight is 497 g/mol. The first-order valence-corrected chi connectivity index (χ1v) is 11.5. The molecule has 3 rings (SSSR count). The maximum absolute atomic E-state index is 12.1. The Morgan fingerprint density at radius 1 is 1.06 bits per heavy atom. The third-order valence-corrected chi connectivity index (χ3v) is 5.60. The largest absolute Gasteiger partial charge is 0.372 e. The summed E-state index contributed by atoms with van der Waals surface area (Å²) in [7, 11) is 0. The molecule has 0 radical (unpaired) electrons. The molecule has 1 heterocycles. The van der Waals surface area contributed by atoms with Gasteiger partial charge in [0.2, 0.25) is 11.0 Å². The van der Waals surface area contributed by atoms with Gasteiger partial charge in [-0.25, -0.2) is 10.2 Å². The number of anilines is 3. The van der Waals surface area contributed by atoms with Gasteiger partial charge in [0.25, 0.3) is 5.69 Å². The zero-order valence-electron chi connectivity index (χ0n) is 19.1. The number of amides is 3. The normalized spacial score (nSPS) is 10.7. The van der Waals surface area contributed by atoms with Crippen molar-refractivity contribution >= 4 is 51.7 Å². The van der Waals surface area contributed by atoms with E-state index in [4.69, 9.17) is 0 Å². The number of nitro benzene ring substituents is 1. The number of hydrogen-bond acceptors (Lipinski definition) is 9. The standard InChI is InChI=1S/C22H24N8O4S/c1-3-29(4-2)17-9-5-15(6-10-17)14-23-26-19(31)13-20-27-28-22(35-20)25-21(32)24-16-7-11-18(12-8-16)30(33)34/h5-12,14H,3-4,13H2,1-2H3,(H,26,31)(H2,24,25,28,32)/b23-14-. The van der Waals surface area contributed by atoms with Gasteiger partial charge >= 0.3 is 6.03 Å². The number of benzene rings is 2. The second-order valence-electron chi connectivity index (χ2n) is 7.12. The van der Waals surface area contributed by atoms with Crippen LogP contribution in [-0.4, -0.2) is 46.4 Å². The maximum Gasteiger partial charge on any atom is 0.325 e. The minimum Gasteiger partial charge on any atom is -0.372 e. The number of urea groups is 1. The van der Waals surface area contributed by atoms with Gasteiger partial charge in [-0.15, -0.1) is 10.2 Å². The van der Waals surface area contributed by atoms with Gasteiger partial charge in [0.05, 0.1) is 17.6 Å². The van der Waals surface area contributed by atoms with E-state index in [-0.39, 0.29) is 23.1 Å². The van der Waals surface area contributed by atoms with E-state index in [0.717, 1.165) is 35.7 Å². The van der Waals surface area contributed by atoms with Crippen LogP contribution < -0.4 is 21.0 Å². The Bertz CT molecular complexity index is 1190. The Morgan fingerprint density at radius 3 is 2.37 bits per heavy atom. The summed E-state index contributed by atoms with van der Waals surface area (Å²) in [4.78, 5) is 36.6. The molecule has 3 N–H and O–H groups in total. The molecule has 0 aliphatic heterocycles. The zero-order valence-corrected chi connectivity index (χ0v) is 19.9. The average Bonchev–Trinajstić information content (AvgIpc) is 3.27. The van der Waals surface area contributed by atoms with Crippen molar-refractivity contribution in [3.05, 3.63) is 69.2 Å². The van der Waals surface area contributed by atoms with Crippen LogP contribution in [-0.2, 0) is 11.2 Å². The van der Waals surface area contributed by atoms with Gasteiger partial charge < -0.3 is 10.2 Å². The molecule has 3 aromatic rings. The highest BCUT2D eigenvalue weighted by Gasteiger charge is 2.12. The lowest BCUT2D eigenvalue weighted by molar-refractivity contribution is -0.384. The van der Waals surface area contributed by atoms with E-state index in [9.17, 15) is 19.7 Å². The number of aromatic nitrogens is 2. The molecule has 3 amide bonds. The number of carbonyl (C=O) groups excluding carboxylic acids is 2.